The Hall–Kier alpha value is -3.13. The van der Waals surface area contributed by atoms with Crippen molar-refractivity contribution in [2.24, 2.45) is 0 Å². The summed E-state index contributed by atoms with van der Waals surface area (Å²) in [6, 6.07) is 15.3. The largest absolute Gasteiger partial charge is 0.345 e. The molecule has 0 bridgehead atoms. The number of nitrogens with zero attached hydrogens (tertiary/aromatic N) is 4. The fraction of sp³-hybridized carbons (Fsp3) is 0.182. The van der Waals surface area contributed by atoms with Gasteiger partial charge >= 0.3 is 0 Å². The first kappa shape index (κ1) is 20.2. The number of amides is 1. The Morgan fingerprint density at radius 1 is 1.13 bits per heavy atom. The molecule has 1 unspecified atom stereocenters. The molecule has 0 saturated heterocycles. The summed E-state index contributed by atoms with van der Waals surface area (Å²) in [7, 11) is 0. The quantitative estimate of drug-likeness (QED) is 0.479. The molecule has 4 rings (SSSR count). The molecule has 2 heterocycles. The molecular weight excluding hydrogens is 449 g/mol. The van der Waals surface area contributed by atoms with Crippen LogP contribution in [0.1, 0.15) is 34.4 Å². The number of aryl methyl sites for hydroxylation is 2. The zero-order chi connectivity index (χ0) is 21.3. The number of hydrogen-bond acceptors (Lipinski definition) is 4. The molecule has 6 nitrogen and oxygen atoms in total. The van der Waals surface area contributed by atoms with E-state index in [1.54, 1.807) is 16.6 Å². The fourth-order valence-electron chi connectivity index (χ4n) is 3.36. The lowest BCUT2D eigenvalue weighted by Crippen LogP contribution is -2.31. The average Bonchev–Trinajstić information content (AvgIpc) is 3.10. The number of fused-ring (bicyclic) bond motifs is 1. The van der Waals surface area contributed by atoms with Gasteiger partial charge in [0.25, 0.3) is 5.78 Å². The van der Waals surface area contributed by atoms with Gasteiger partial charge in [-0.05, 0) is 37.6 Å². The van der Waals surface area contributed by atoms with E-state index in [0.717, 1.165) is 17.0 Å². The molecule has 0 radical (unpaired) electrons. The van der Waals surface area contributed by atoms with Crippen molar-refractivity contribution in [2.45, 2.75) is 26.3 Å². The van der Waals surface area contributed by atoms with Gasteiger partial charge in [0.15, 0.2) is 5.82 Å². The van der Waals surface area contributed by atoms with Crippen molar-refractivity contribution < 1.29 is 9.18 Å². The smallest absolute Gasteiger partial charge is 0.252 e. The van der Waals surface area contributed by atoms with Crippen LogP contribution < -0.4 is 5.32 Å². The van der Waals surface area contributed by atoms with Crippen LogP contribution in [-0.2, 0) is 11.2 Å². The Labute approximate surface area is 181 Å². The molecule has 1 amide bonds. The molecule has 0 aliphatic rings. The summed E-state index contributed by atoms with van der Waals surface area (Å²) in [5.74, 6) is 0.0989. The normalized spacial score (nSPS) is 12.1. The maximum Gasteiger partial charge on any atom is 0.252 e. The summed E-state index contributed by atoms with van der Waals surface area (Å²) in [6.07, 6.45) is -0.0384. The molecule has 0 fully saturated rings. The van der Waals surface area contributed by atoms with Crippen molar-refractivity contribution in [1.82, 2.24) is 24.9 Å². The summed E-state index contributed by atoms with van der Waals surface area (Å²) in [5, 5.41) is 7.30. The van der Waals surface area contributed by atoms with Gasteiger partial charge in [-0.3, -0.25) is 4.79 Å². The summed E-state index contributed by atoms with van der Waals surface area (Å²) in [5.41, 5.74) is 2.88. The lowest BCUT2D eigenvalue weighted by atomic mass is 9.98. The zero-order valence-corrected chi connectivity index (χ0v) is 18.0. The second kappa shape index (κ2) is 8.31. The predicted molar refractivity (Wildman–Crippen MR) is 114 cm³/mol. The maximum absolute atomic E-state index is 14.7. The molecular formula is C22H19BrFN5O. The second-order valence-electron chi connectivity index (χ2n) is 7.03. The fourth-order valence-corrected chi connectivity index (χ4v) is 3.69. The van der Waals surface area contributed by atoms with Crippen LogP contribution >= 0.6 is 15.9 Å². The van der Waals surface area contributed by atoms with E-state index in [0.29, 0.717) is 21.6 Å². The van der Waals surface area contributed by atoms with Crippen molar-refractivity contribution in [1.29, 1.82) is 0 Å². The molecule has 4 aromatic rings. The molecule has 152 valence electrons. The molecule has 0 aliphatic carbocycles. The molecule has 1 N–H and O–H groups in total. The number of carbonyl (C=O) groups is 1. The molecule has 1 atom stereocenters. The summed E-state index contributed by atoms with van der Waals surface area (Å²) < 4.78 is 16.9. The summed E-state index contributed by atoms with van der Waals surface area (Å²) >= 11 is 3.27. The molecule has 30 heavy (non-hydrogen) atoms. The standard InChI is InChI=1S/C22H19BrFN5O/c1-13-10-14(2)29-22(25-13)26-19(28-29)12-20(30)27-21(15-6-4-3-5-7-15)17-9-8-16(23)11-18(17)24/h3-11,21H,12H2,1-2H3,(H,27,30). The molecule has 2 aromatic heterocycles. The van der Waals surface area contributed by atoms with E-state index in [1.165, 1.54) is 6.07 Å². The number of halogens is 2. The van der Waals surface area contributed by atoms with Gasteiger partial charge in [0.05, 0.1) is 12.5 Å². The van der Waals surface area contributed by atoms with Crippen molar-refractivity contribution >= 4 is 27.6 Å². The highest BCUT2D eigenvalue weighted by Gasteiger charge is 2.21. The van der Waals surface area contributed by atoms with Crippen molar-refractivity contribution in [2.75, 3.05) is 0 Å². The first-order valence-corrected chi connectivity index (χ1v) is 10.2. The number of benzene rings is 2. The third-order valence-corrected chi connectivity index (χ3v) is 5.19. The summed E-state index contributed by atoms with van der Waals surface area (Å²) in [6.45, 7) is 3.78. The van der Waals surface area contributed by atoms with Gasteiger partial charge in [-0.2, -0.15) is 4.98 Å². The van der Waals surface area contributed by atoms with E-state index in [9.17, 15) is 9.18 Å². The minimum atomic E-state index is -0.633. The molecule has 8 heteroatoms. The Morgan fingerprint density at radius 2 is 1.90 bits per heavy atom. The monoisotopic (exact) mass is 467 g/mol. The SMILES string of the molecule is Cc1cc(C)n2nc(CC(=O)NC(c3ccccc3)c3ccc(Br)cc3F)nc2n1. The minimum absolute atomic E-state index is 0.0384. The van der Waals surface area contributed by atoms with E-state index in [2.05, 4.69) is 36.3 Å². The first-order valence-electron chi connectivity index (χ1n) is 9.40. The van der Waals surface area contributed by atoms with Gasteiger partial charge in [0.1, 0.15) is 5.82 Å². The summed E-state index contributed by atoms with van der Waals surface area (Å²) in [4.78, 5) is 21.5. The Morgan fingerprint density at radius 3 is 2.63 bits per heavy atom. The van der Waals surface area contributed by atoms with E-state index in [-0.39, 0.29) is 12.3 Å². The minimum Gasteiger partial charge on any atom is -0.345 e. The molecule has 2 aromatic carbocycles. The highest BCUT2D eigenvalue weighted by Crippen LogP contribution is 2.26. The van der Waals surface area contributed by atoms with Crippen molar-refractivity contribution in [3.8, 4) is 0 Å². The van der Waals surface area contributed by atoms with Crippen molar-refractivity contribution in [3.05, 3.63) is 93.2 Å². The predicted octanol–water partition coefficient (Wildman–Crippen LogP) is 4.09. The van der Waals surface area contributed by atoms with E-state index >= 15 is 0 Å². The highest BCUT2D eigenvalue weighted by molar-refractivity contribution is 9.10. The number of rotatable bonds is 5. The van der Waals surface area contributed by atoms with E-state index in [1.807, 2.05) is 50.2 Å². The lowest BCUT2D eigenvalue weighted by Gasteiger charge is -2.20. The highest BCUT2D eigenvalue weighted by atomic mass is 79.9. The van der Waals surface area contributed by atoms with Crippen LogP contribution in [0.25, 0.3) is 5.78 Å². The Balaban J connectivity index is 1.61. The van der Waals surface area contributed by atoms with Gasteiger partial charge in [-0.15, -0.1) is 5.10 Å². The molecule has 0 aliphatic heterocycles. The van der Waals surface area contributed by atoms with Crippen LogP contribution in [0.2, 0.25) is 0 Å². The van der Waals surface area contributed by atoms with Crippen molar-refractivity contribution in [3.63, 3.8) is 0 Å². The number of carbonyl (C=O) groups excluding carboxylic acids is 1. The molecule has 0 spiro atoms. The third-order valence-electron chi connectivity index (χ3n) is 4.69. The zero-order valence-electron chi connectivity index (χ0n) is 16.4. The van der Waals surface area contributed by atoms with Crippen LogP contribution in [0.15, 0.2) is 59.1 Å². The Kier molecular flexibility index (Phi) is 5.59. The van der Waals surface area contributed by atoms with Gasteiger partial charge < -0.3 is 5.32 Å². The van der Waals surface area contributed by atoms with Crippen LogP contribution in [0, 0.1) is 19.7 Å². The lowest BCUT2D eigenvalue weighted by molar-refractivity contribution is -0.121. The number of aromatic nitrogens is 4. The van der Waals surface area contributed by atoms with Gasteiger partial charge in [-0.1, -0.05) is 52.3 Å². The van der Waals surface area contributed by atoms with Crippen LogP contribution in [0.4, 0.5) is 4.39 Å². The number of nitrogens with one attached hydrogen (secondary N) is 1. The second-order valence-corrected chi connectivity index (χ2v) is 7.95. The van der Waals surface area contributed by atoms with E-state index < -0.39 is 11.9 Å². The van der Waals surface area contributed by atoms with Crippen LogP contribution in [-0.4, -0.2) is 25.5 Å². The maximum atomic E-state index is 14.7. The average molecular weight is 468 g/mol. The third kappa shape index (κ3) is 4.23. The Bertz CT molecular complexity index is 1230. The van der Waals surface area contributed by atoms with Crippen LogP contribution in [0.5, 0.6) is 0 Å². The van der Waals surface area contributed by atoms with Gasteiger partial charge in [0.2, 0.25) is 5.91 Å². The topological polar surface area (TPSA) is 72.2 Å². The first-order chi connectivity index (χ1) is 14.4. The van der Waals surface area contributed by atoms with Gasteiger partial charge in [0, 0.05) is 21.4 Å². The van der Waals surface area contributed by atoms with Crippen LogP contribution in [0.3, 0.4) is 0 Å². The van der Waals surface area contributed by atoms with E-state index in [4.69, 9.17) is 0 Å². The molecule has 0 saturated carbocycles. The van der Waals surface area contributed by atoms with Gasteiger partial charge in [-0.25, -0.2) is 13.9 Å². The number of hydrogen-bond donors (Lipinski definition) is 1.